The molecule has 0 aliphatic heterocycles. The number of anilines is 1. The first kappa shape index (κ1) is 9.25. The Labute approximate surface area is 75.2 Å². The Kier molecular flexibility index (Phi) is 2.86. The number of nitrogen functional groups attached to an aromatic ring is 1. The molecule has 0 amide bonds. The van der Waals surface area contributed by atoms with Crippen LogP contribution in [0.3, 0.4) is 0 Å². The van der Waals surface area contributed by atoms with Crippen molar-refractivity contribution < 1.29 is 5.11 Å². The molecule has 12 heavy (non-hydrogen) atoms. The minimum atomic E-state index is -0.520. The molecule has 0 saturated heterocycles. The third-order valence-corrected chi connectivity index (χ3v) is 1.80. The van der Waals surface area contributed by atoms with Gasteiger partial charge in [0.05, 0.1) is 24.5 Å². The summed E-state index contributed by atoms with van der Waals surface area (Å²) in [6.45, 7) is -0.176. The van der Waals surface area contributed by atoms with Crippen LogP contribution in [0.1, 0.15) is 11.6 Å². The summed E-state index contributed by atoms with van der Waals surface area (Å²) in [7, 11) is 0. The van der Waals surface area contributed by atoms with Gasteiger partial charge in [0.1, 0.15) is 5.15 Å². The fraction of sp³-hybridized carbons (Fsp3) is 0.286. The first-order chi connectivity index (χ1) is 5.65. The Morgan fingerprint density at radius 2 is 2.33 bits per heavy atom. The third kappa shape index (κ3) is 1.85. The summed E-state index contributed by atoms with van der Waals surface area (Å²) in [6, 6.07) is 1.09. The summed E-state index contributed by atoms with van der Waals surface area (Å²) in [5, 5.41) is 9.03. The van der Waals surface area contributed by atoms with Crippen molar-refractivity contribution in [2.24, 2.45) is 5.73 Å². The summed E-state index contributed by atoms with van der Waals surface area (Å²) < 4.78 is 0. The van der Waals surface area contributed by atoms with Crippen molar-refractivity contribution in [3.8, 4) is 0 Å². The molecule has 1 atom stereocenters. The van der Waals surface area contributed by atoms with Crippen LogP contribution in [0.25, 0.3) is 0 Å². The number of rotatable bonds is 2. The SMILES string of the molecule is Nc1cnc(Cl)c([C@H](N)CO)c1. The average molecular weight is 188 g/mol. The van der Waals surface area contributed by atoms with Crippen LogP contribution in [-0.2, 0) is 0 Å². The molecule has 0 unspecified atom stereocenters. The van der Waals surface area contributed by atoms with Gasteiger partial charge >= 0.3 is 0 Å². The molecule has 0 radical (unpaired) electrons. The molecule has 66 valence electrons. The smallest absolute Gasteiger partial charge is 0.134 e. The van der Waals surface area contributed by atoms with E-state index in [1.54, 1.807) is 6.07 Å². The largest absolute Gasteiger partial charge is 0.397 e. The number of hydrogen-bond donors (Lipinski definition) is 3. The topological polar surface area (TPSA) is 85.2 Å². The molecule has 0 fully saturated rings. The molecule has 1 heterocycles. The van der Waals surface area contributed by atoms with Gasteiger partial charge in [-0.15, -0.1) is 0 Å². The summed E-state index contributed by atoms with van der Waals surface area (Å²) in [4.78, 5) is 3.80. The van der Waals surface area contributed by atoms with Gasteiger partial charge in [-0.3, -0.25) is 0 Å². The number of aliphatic hydroxyl groups is 1. The predicted octanol–water partition coefficient (Wildman–Crippen LogP) is 0.309. The van der Waals surface area contributed by atoms with Crippen molar-refractivity contribution in [1.29, 1.82) is 0 Å². The Morgan fingerprint density at radius 3 is 2.92 bits per heavy atom. The lowest BCUT2D eigenvalue weighted by Gasteiger charge is -2.09. The van der Waals surface area contributed by atoms with Crippen LogP contribution < -0.4 is 11.5 Å². The molecule has 1 aromatic rings. The van der Waals surface area contributed by atoms with Crippen molar-refractivity contribution in [2.75, 3.05) is 12.3 Å². The van der Waals surface area contributed by atoms with Gasteiger partial charge in [-0.1, -0.05) is 11.6 Å². The van der Waals surface area contributed by atoms with E-state index in [0.29, 0.717) is 11.3 Å². The number of nitrogens with two attached hydrogens (primary N) is 2. The van der Waals surface area contributed by atoms with Crippen LogP contribution in [0.4, 0.5) is 5.69 Å². The van der Waals surface area contributed by atoms with Crippen LogP contribution >= 0.6 is 11.6 Å². The van der Waals surface area contributed by atoms with Gasteiger partial charge in [-0.2, -0.15) is 0 Å². The van der Waals surface area contributed by atoms with Crippen molar-refractivity contribution in [3.05, 3.63) is 23.0 Å². The lowest BCUT2D eigenvalue weighted by atomic mass is 10.1. The van der Waals surface area contributed by atoms with Gasteiger partial charge in [-0.05, 0) is 6.07 Å². The molecule has 0 aromatic carbocycles. The highest BCUT2D eigenvalue weighted by Crippen LogP contribution is 2.20. The van der Waals surface area contributed by atoms with Gasteiger partial charge < -0.3 is 16.6 Å². The second-order valence-corrected chi connectivity index (χ2v) is 2.80. The third-order valence-electron chi connectivity index (χ3n) is 1.48. The van der Waals surface area contributed by atoms with Crippen LogP contribution in [0, 0.1) is 0 Å². The van der Waals surface area contributed by atoms with Crippen LogP contribution in [0.2, 0.25) is 5.15 Å². The zero-order chi connectivity index (χ0) is 9.14. The first-order valence-electron chi connectivity index (χ1n) is 3.42. The quantitative estimate of drug-likeness (QED) is 0.582. The highest BCUT2D eigenvalue weighted by molar-refractivity contribution is 6.30. The van der Waals surface area contributed by atoms with E-state index in [4.69, 9.17) is 28.2 Å². The maximum Gasteiger partial charge on any atom is 0.134 e. The maximum atomic E-state index is 8.75. The molecule has 0 aliphatic carbocycles. The van der Waals surface area contributed by atoms with E-state index in [-0.39, 0.29) is 11.8 Å². The molecule has 5 heteroatoms. The van der Waals surface area contributed by atoms with Crippen molar-refractivity contribution >= 4 is 17.3 Å². The molecule has 5 N–H and O–H groups in total. The van der Waals surface area contributed by atoms with Gasteiger partial charge in [0, 0.05) is 5.56 Å². The molecule has 0 bridgehead atoms. The van der Waals surface area contributed by atoms with E-state index in [1.807, 2.05) is 0 Å². The van der Waals surface area contributed by atoms with Crippen molar-refractivity contribution in [3.63, 3.8) is 0 Å². The second-order valence-electron chi connectivity index (χ2n) is 2.44. The molecule has 0 spiro atoms. The number of aromatic nitrogens is 1. The van der Waals surface area contributed by atoms with E-state index in [0.717, 1.165) is 0 Å². The minimum Gasteiger partial charge on any atom is -0.397 e. The van der Waals surface area contributed by atoms with Crippen molar-refractivity contribution in [2.45, 2.75) is 6.04 Å². The van der Waals surface area contributed by atoms with Crippen LogP contribution in [-0.4, -0.2) is 16.7 Å². The monoisotopic (exact) mass is 187 g/mol. The van der Waals surface area contributed by atoms with Crippen LogP contribution in [0.15, 0.2) is 12.3 Å². The molecule has 1 aromatic heterocycles. The van der Waals surface area contributed by atoms with Crippen LogP contribution in [0.5, 0.6) is 0 Å². The Bertz CT molecular complexity index is 279. The number of hydrogen-bond acceptors (Lipinski definition) is 4. The Hall–Kier alpha value is -0.840. The fourth-order valence-electron chi connectivity index (χ4n) is 0.840. The summed E-state index contributed by atoms with van der Waals surface area (Å²) in [5.74, 6) is 0. The lowest BCUT2D eigenvalue weighted by Crippen LogP contribution is -2.15. The van der Waals surface area contributed by atoms with E-state index in [9.17, 15) is 0 Å². The molecular weight excluding hydrogens is 178 g/mol. The second kappa shape index (κ2) is 3.71. The van der Waals surface area contributed by atoms with Gasteiger partial charge in [0.15, 0.2) is 0 Å². The number of pyridine rings is 1. The first-order valence-corrected chi connectivity index (χ1v) is 3.80. The zero-order valence-corrected chi connectivity index (χ0v) is 7.12. The van der Waals surface area contributed by atoms with Gasteiger partial charge in [-0.25, -0.2) is 4.98 Å². The predicted molar refractivity (Wildman–Crippen MR) is 47.7 cm³/mol. The van der Waals surface area contributed by atoms with Gasteiger partial charge in [0.2, 0.25) is 0 Å². The average Bonchev–Trinajstić information content (AvgIpc) is 2.08. The summed E-state index contributed by atoms with van der Waals surface area (Å²) >= 11 is 5.71. The van der Waals surface area contributed by atoms with E-state index < -0.39 is 6.04 Å². The highest BCUT2D eigenvalue weighted by Gasteiger charge is 2.09. The number of aliphatic hydroxyl groups excluding tert-OH is 1. The lowest BCUT2D eigenvalue weighted by molar-refractivity contribution is 0.268. The Balaban J connectivity index is 3.04. The maximum absolute atomic E-state index is 8.75. The molecule has 0 saturated carbocycles. The molecular formula is C7H10ClN3O. The highest BCUT2D eigenvalue weighted by atomic mass is 35.5. The van der Waals surface area contributed by atoms with Crippen molar-refractivity contribution in [1.82, 2.24) is 4.98 Å². The summed E-state index contributed by atoms with van der Waals surface area (Å²) in [5.41, 5.74) is 12.0. The molecule has 0 aliphatic rings. The minimum absolute atomic E-state index is 0.176. The van der Waals surface area contributed by atoms with E-state index >= 15 is 0 Å². The van der Waals surface area contributed by atoms with E-state index in [2.05, 4.69) is 4.98 Å². The fourth-order valence-corrected chi connectivity index (χ4v) is 1.08. The normalized spacial score (nSPS) is 12.9. The van der Waals surface area contributed by atoms with E-state index in [1.165, 1.54) is 6.20 Å². The number of nitrogens with zero attached hydrogens (tertiary/aromatic N) is 1. The summed E-state index contributed by atoms with van der Waals surface area (Å²) in [6.07, 6.45) is 1.44. The van der Waals surface area contributed by atoms with Gasteiger partial charge in [0.25, 0.3) is 0 Å². The molecule has 4 nitrogen and oxygen atoms in total. The molecule has 1 rings (SSSR count). The number of halogens is 1. The standard InChI is InChI=1S/C7H10ClN3O/c8-7-5(6(10)3-12)1-4(9)2-11-7/h1-2,6,12H,3,9-10H2/t6-/m1/s1. The zero-order valence-electron chi connectivity index (χ0n) is 6.37. The Morgan fingerprint density at radius 1 is 1.67 bits per heavy atom.